The molecule has 0 fully saturated rings. The van der Waals surface area contributed by atoms with Crippen molar-refractivity contribution in [3.8, 4) is 0 Å². The number of benzene rings is 3. The number of anilines is 1. The largest absolute Gasteiger partial charge is 0.294 e. The highest BCUT2D eigenvalue weighted by Crippen LogP contribution is 2.46. The Morgan fingerprint density at radius 1 is 0.893 bits per heavy atom. The van der Waals surface area contributed by atoms with Gasteiger partial charge in [-0.05, 0) is 45.8 Å². The molecule has 0 radical (unpaired) electrons. The van der Waals surface area contributed by atoms with E-state index < -0.39 is 16.1 Å². The maximum absolute atomic E-state index is 13.7. The summed E-state index contributed by atoms with van der Waals surface area (Å²) in [6.07, 6.45) is 0.0754. The van der Waals surface area contributed by atoms with Crippen LogP contribution in [0.4, 0.5) is 5.69 Å². The van der Waals surface area contributed by atoms with Crippen molar-refractivity contribution in [3.63, 3.8) is 0 Å². The van der Waals surface area contributed by atoms with E-state index in [0.717, 1.165) is 5.56 Å². The molecule has 1 atom stereocenters. The fraction of sp³-hybridized carbons (Fsp3) is 0.0952. The fourth-order valence-corrected chi connectivity index (χ4v) is 6.68. The van der Waals surface area contributed by atoms with Crippen molar-refractivity contribution in [2.24, 2.45) is 0 Å². The lowest BCUT2D eigenvalue weighted by Gasteiger charge is -2.38. The summed E-state index contributed by atoms with van der Waals surface area (Å²) in [5.41, 5.74) is 1.53. The molecule has 1 aliphatic heterocycles. The fourth-order valence-electron chi connectivity index (χ4n) is 3.45. The molecule has 0 bridgehead atoms. The molecule has 0 saturated heterocycles. The minimum Gasteiger partial charge on any atom is -0.294 e. The molecule has 7 heteroatoms. The number of carbonyl (C=O) groups excluding carboxylic acids is 1. The molecule has 0 spiro atoms. The monoisotopic (exact) mass is 519 g/mol. The highest BCUT2D eigenvalue weighted by molar-refractivity contribution is 9.11. The number of fused-ring (bicyclic) bond motifs is 1. The van der Waals surface area contributed by atoms with Crippen molar-refractivity contribution in [2.45, 2.75) is 17.4 Å². The molecule has 4 nitrogen and oxygen atoms in total. The van der Waals surface area contributed by atoms with Crippen molar-refractivity contribution in [1.82, 2.24) is 0 Å². The predicted octanol–water partition coefficient (Wildman–Crippen LogP) is 5.73. The first-order valence-electron chi connectivity index (χ1n) is 8.56. The van der Waals surface area contributed by atoms with Crippen LogP contribution in [0.25, 0.3) is 0 Å². The van der Waals surface area contributed by atoms with Crippen molar-refractivity contribution >= 4 is 53.4 Å². The molecule has 0 amide bonds. The van der Waals surface area contributed by atoms with Crippen molar-refractivity contribution in [3.05, 3.63) is 92.9 Å². The molecule has 28 heavy (non-hydrogen) atoms. The topological polar surface area (TPSA) is 54.5 Å². The third-order valence-corrected chi connectivity index (χ3v) is 7.58. The molecule has 1 unspecified atom stereocenters. The number of hydrogen-bond acceptors (Lipinski definition) is 3. The van der Waals surface area contributed by atoms with Gasteiger partial charge >= 0.3 is 0 Å². The zero-order valence-electron chi connectivity index (χ0n) is 14.5. The Morgan fingerprint density at radius 3 is 2.14 bits per heavy atom. The zero-order chi connectivity index (χ0) is 19.9. The maximum atomic E-state index is 13.7. The minimum atomic E-state index is -3.90. The molecule has 3 aromatic carbocycles. The van der Waals surface area contributed by atoms with Gasteiger partial charge in [-0.25, -0.2) is 8.42 Å². The number of hydrogen-bond donors (Lipinski definition) is 0. The number of Topliss-reactive ketones (excluding diaryl/α,β-unsaturated/α-hetero) is 1. The van der Waals surface area contributed by atoms with E-state index in [1.165, 1.54) is 4.31 Å². The van der Waals surface area contributed by atoms with Crippen LogP contribution in [0.5, 0.6) is 0 Å². The summed E-state index contributed by atoms with van der Waals surface area (Å²) in [5, 5.41) is 0. The van der Waals surface area contributed by atoms with Gasteiger partial charge in [0.25, 0.3) is 10.0 Å². The number of carbonyl (C=O) groups is 1. The zero-order valence-corrected chi connectivity index (χ0v) is 18.5. The van der Waals surface area contributed by atoms with Crippen LogP contribution < -0.4 is 4.31 Å². The number of rotatable bonds is 3. The lowest BCUT2D eigenvalue weighted by Crippen LogP contribution is -2.40. The van der Waals surface area contributed by atoms with Crippen molar-refractivity contribution in [1.29, 1.82) is 0 Å². The summed E-state index contributed by atoms with van der Waals surface area (Å²) in [6, 6.07) is 20.4. The van der Waals surface area contributed by atoms with Gasteiger partial charge in [0.2, 0.25) is 0 Å². The first-order chi connectivity index (χ1) is 13.4. The molecule has 142 valence electrons. The van der Waals surface area contributed by atoms with Crippen LogP contribution in [-0.2, 0) is 10.0 Å². The van der Waals surface area contributed by atoms with Gasteiger partial charge in [0.05, 0.1) is 16.6 Å². The van der Waals surface area contributed by atoms with E-state index in [-0.39, 0.29) is 17.1 Å². The Labute approximate surface area is 180 Å². The smallest absolute Gasteiger partial charge is 0.264 e. The Bertz CT molecular complexity index is 1150. The van der Waals surface area contributed by atoms with Gasteiger partial charge in [-0.1, -0.05) is 64.5 Å². The second-order valence-electron chi connectivity index (χ2n) is 6.45. The lowest BCUT2D eigenvalue weighted by atomic mass is 9.92. The van der Waals surface area contributed by atoms with Gasteiger partial charge in [0, 0.05) is 20.9 Å². The molecular weight excluding hydrogens is 506 g/mol. The van der Waals surface area contributed by atoms with Crippen molar-refractivity contribution in [2.75, 3.05) is 4.31 Å². The molecule has 3 aromatic rings. The van der Waals surface area contributed by atoms with Gasteiger partial charge < -0.3 is 0 Å². The highest BCUT2D eigenvalue weighted by Gasteiger charge is 2.41. The number of sulfonamides is 1. The molecular formula is C21H15Br2NO3S. The Hall–Kier alpha value is -1.96. The Balaban J connectivity index is 2.00. The summed E-state index contributed by atoms with van der Waals surface area (Å²) in [4.78, 5) is 13.1. The first-order valence-corrected chi connectivity index (χ1v) is 11.6. The van der Waals surface area contributed by atoms with Gasteiger partial charge in [0.1, 0.15) is 0 Å². The van der Waals surface area contributed by atoms with Crippen LogP contribution in [0.15, 0.2) is 86.6 Å². The highest BCUT2D eigenvalue weighted by atomic mass is 79.9. The van der Waals surface area contributed by atoms with Crippen LogP contribution in [0.1, 0.15) is 28.4 Å². The van der Waals surface area contributed by atoms with Crippen LogP contribution in [0.2, 0.25) is 0 Å². The number of nitrogens with zero attached hydrogens (tertiary/aromatic N) is 1. The van der Waals surface area contributed by atoms with Crippen molar-refractivity contribution < 1.29 is 13.2 Å². The number of ketones is 1. The third kappa shape index (κ3) is 3.32. The maximum Gasteiger partial charge on any atom is 0.264 e. The Kier molecular flexibility index (Phi) is 5.16. The Morgan fingerprint density at radius 2 is 1.50 bits per heavy atom. The van der Waals surface area contributed by atoms with Crippen LogP contribution in [-0.4, -0.2) is 14.2 Å². The summed E-state index contributed by atoms with van der Waals surface area (Å²) in [5.74, 6) is -0.0923. The van der Waals surface area contributed by atoms with E-state index in [0.29, 0.717) is 20.2 Å². The summed E-state index contributed by atoms with van der Waals surface area (Å²) in [7, 11) is -3.90. The molecule has 0 saturated carbocycles. The summed E-state index contributed by atoms with van der Waals surface area (Å²) in [6.45, 7) is 0. The minimum absolute atomic E-state index is 0.0754. The van der Waals surface area contributed by atoms with Crippen LogP contribution in [0, 0.1) is 0 Å². The van der Waals surface area contributed by atoms with Crippen LogP contribution >= 0.6 is 31.9 Å². The van der Waals surface area contributed by atoms with E-state index >= 15 is 0 Å². The average molecular weight is 521 g/mol. The second-order valence-corrected chi connectivity index (χ2v) is 10.0. The summed E-state index contributed by atoms with van der Waals surface area (Å²) >= 11 is 6.87. The van der Waals surface area contributed by atoms with Gasteiger partial charge in [-0.3, -0.25) is 9.10 Å². The average Bonchev–Trinajstić information content (AvgIpc) is 2.69. The normalized spacial score (nSPS) is 16.7. The predicted molar refractivity (Wildman–Crippen MR) is 116 cm³/mol. The molecule has 1 heterocycles. The van der Waals surface area contributed by atoms with E-state index in [2.05, 4.69) is 31.9 Å². The quantitative estimate of drug-likeness (QED) is 0.442. The van der Waals surface area contributed by atoms with E-state index in [1.54, 1.807) is 42.5 Å². The van der Waals surface area contributed by atoms with Crippen LogP contribution in [0.3, 0.4) is 0 Å². The third-order valence-electron chi connectivity index (χ3n) is 4.70. The van der Waals surface area contributed by atoms with Gasteiger partial charge in [0.15, 0.2) is 5.78 Å². The van der Waals surface area contributed by atoms with E-state index in [4.69, 9.17) is 0 Å². The number of halogens is 2. The summed E-state index contributed by atoms with van der Waals surface area (Å²) < 4.78 is 30.0. The molecule has 1 aliphatic rings. The molecule has 0 N–H and O–H groups in total. The van der Waals surface area contributed by atoms with Gasteiger partial charge in [-0.15, -0.1) is 0 Å². The SMILES string of the molecule is O=C1CC(c2ccccc2)N(S(=O)(=O)c2ccccc2)c2c(Br)cc(Br)cc21. The molecule has 0 aliphatic carbocycles. The van der Waals surface area contributed by atoms with Gasteiger partial charge in [-0.2, -0.15) is 0 Å². The second kappa shape index (κ2) is 7.46. The van der Waals surface area contributed by atoms with E-state index in [1.807, 2.05) is 30.3 Å². The lowest BCUT2D eigenvalue weighted by molar-refractivity contribution is 0.0969. The van der Waals surface area contributed by atoms with E-state index in [9.17, 15) is 13.2 Å². The molecule has 0 aromatic heterocycles. The first kappa shape index (κ1) is 19.4. The molecule has 4 rings (SSSR count). The standard InChI is InChI=1S/C21H15Br2NO3S/c22-15-11-17-20(25)13-19(14-7-3-1-4-8-14)24(21(17)18(23)12-15)28(26,27)16-9-5-2-6-10-16/h1-12,19H,13H2.